The fourth-order valence-corrected chi connectivity index (χ4v) is 2.44. The summed E-state index contributed by atoms with van der Waals surface area (Å²) in [7, 11) is 0. The van der Waals surface area contributed by atoms with Crippen LogP contribution in [0.5, 0.6) is 0 Å². The zero-order valence-electron chi connectivity index (χ0n) is 12.4. The van der Waals surface area contributed by atoms with E-state index in [-0.39, 0.29) is 5.56 Å². The number of nitrogens with one attached hydrogen (secondary N) is 1. The third-order valence-corrected chi connectivity index (χ3v) is 3.70. The van der Waals surface area contributed by atoms with Gasteiger partial charge in [0.25, 0.3) is 0 Å². The lowest BCUT2D eigenvalue weighted by Crippen LogP contribution is -2.37. The van der Waals surface area contributed by atoms with Crippen LogP contribution < -0.4 is 11.1 Å². The maximum Gasteiger partial charge on any atom is 0.337 e. The number of aromatic carboxylic acids is 1. The highest BCUT2D eigenvalue weighted by molar-refractivity contribution is 5.95. The summed E-state index contributed by atoms with van der Waals surface area (Å²) in [5.74, 6) is -0.993. The van der Waals surface area contributed by atoms with Crippen LogP contribution in [0.2, 0.25) is 0 Å². The average Bonchev–Trinajstić information content (AvgIpc) is 2.47. The van der Waals surface area contributed by atoms with Gasteiger partial charge in [-0.1, -0.05) is 0 Å². The zero-order valence-corrected chi connectivity index (χ0v) is 12.4. The van der Waals surface area contributed by atoms with E-state index in [1.165, 1.54) is 0 Å². The molecule has 4 N–H and O–H groups in total. The number of ether oxygens (including phenoxy) is 1. The van der Waals surface area contributed by atoms with Gasteiger partial charge < -0.3 is 20.9 Å². The summed E-state index contributed by atoms with van der Waals surface area (Å²) < 4.78 is 5.31. The van der Waals surface area contributed by atoms with E-state index in [1.807, 2.05) is 13.0 Å². The number of hydrogen-bond acceptors (Lipinski definition) is 5. The molecule has 0 atom stereocenters. The van der Waals surface area contributed by atoms with Gasteiger partial charge in [0.05, 0.1) is 18.8 Å². The Labute approximate surface area is 124 Å². The van der Waals surface area contributed by atoms with E-state index in [1.54, 1.807) is 6.07 Å². The summed E-state index contributed by atoms with van der Waals surface area (Å²) in [6.45, 7) is 7.25. The quantitative estimate of drug-likeness (QED) is 0.543. The fraction of sp³-hybridized carbons (Fsp3) is 0.533. The predicted octanol–water partition coefficient (Wildman–Crippen LogP) is 1.41. The Hall–Kier alpha value is -1.79. The van der Waals surface area contributed by atoms with E-state index in [0.29, 0.717) is 5.69 Å². The van der Waals surface area contributed by atoms with Crippen LogP contribution in [0.3, 0.4) is 0 Å². The van der Waals surface area contributed by atoms with Gasteiger partial charge in [0.2, 0.25) is 0 Å². The number of carboxylic acids is 1. The number of carbonyl (C=O) groups is 1. The summed E-state index contributed by atoms with van der Waals surface area (Å²) in [5, 5.41) is 12.4. The number of carboxylic acid groups (broad SMARTS) is 1. The molecule has 0 amide bonds. The van der Waals surface area contributed by atoms with Crippen molar-refractivity contribution in [3.63, 3.8) is 0 Å². The summed E-state index contributed by atoms with van der Waals surface area (Å²) in [5.41, 5.74) is 7.86. The third-order valence-electron chi connectivity index (χ3n) is 3.70. The minimum absolute atomic E-state index is 0.158. The van der Waals surface area contributed by atoms with Crippen molar-refractivity contribution in [3.8, 4) is 0 Å². The van der Waals surface area contributed by atoms with Crippen LogP contribution in [0.25, 0.3) is 0 Å². The molecule has 0 spiro atoms. The molecule has 6 nitrogen and oxygen atoms in total. The van der Waals surface area contributed by atoms with Crippen LogP contribution in [0, 0.1) is 6.92 Å². The Kier molecular flexibility index (Phi) is 5.41. The monoisotopic (exact) mass is 293 g/mol. The van der Waals surface area contributed by atoms with Gasteiger partial charge in [-0.25, -0.2) is 4.79 Å². The molecule has 0 aromatic heterocycles. The average molecular weight is 293 g/mol. The predicted molar refractivity (Wildman–Crippen MR) is 82.9 cm³/mol. The summed E-state index contributed by atoms with van der Waals surface area (Å²) in [4.78, 5) is 13.5. The van der Waals surface area contributed by atoms with E-state index < -0.39 is 5.97 Å². The van der Waals surface area contributed by atoms with Gasteiger partial charge in [-0.2, -0.15) is 0 Å². The first-order chi connectivity index (χ1) is 10.1. The van der Waals surface area contributed by atoms with Crippen molar-refractivity contribution in [2.75, 3.05) is 50.4 Å². The maximum atomic E-state index is 11.1. The van der Waals surface area contributed by atoms with E-state index in [0.717, 1.165) is 57.1 Å². The lowest BCUT2D eigenvalue weighted by molar-refractivity contribution is 0.0378. The van der Waals surface area contributed by atoms with Crippen molar-refractivity contribution in [1.29, 1.82) is 0 Å². The Balaban J connectivity index is 1.84. The van der Waals surface area contributed by atoms with Crippen molar-refractivity contribution in [2.24, 2.45) is 0 Å². The SMILES string of the molecule is Cc1cc(NCCCN2CCOCC2)cc(C(=O)O)c1N. The molecule has 0 radical (unpaired) electrons. The Morgan fingerprint density at radius 2 is 2.14 bits per heavy atom. The molecular formula is C15H23N3O3. The first-order valence-corrected chi connectivity index (χ1v) is 7.25. The molecule has 2 rings (SSSR count). The van der Waals surface area contributed by atoms with E-state index in [4.69, 9.17) is 15.6 Å². The highest BCUT2D eigenvalue weighted by atomic mass is 16.5. The minimum atomic E-state index is -0.993. The summed E-state index contributed by atoms with van der Waals surface area (Å²) >= 11 is 0. The Bertz CT molecular complexity index is 499. The number of nitrogens with zero attached hydrogens (tertiary/aromatic N) is 1. The summed E-state index contributed by atoms with van der Waals surface area (Å²) in [6.07, 6.45) is 1.01. The second kappa shape index (κ2) is 7.28. The number of nitrogens with two attached hydrogens (primary N) is 1. The van der Waals surface area contributed by atoms with Gasteiger partial charge in [0, 0.05) is 31.0 Å². The van der Waals surface area contributed by atoms with E-state index in [2.05, 4.69) is 10.2 Å². The molecule has 0 saturated carbocycles. The number of benzene rings is 1. The van der Waals surface area contributed by atoms with Crippen molar-refractivity contribution >= 4 is 17.3 Å². The molecule has 1 fully saturated rings. The number of aryl methyl sites for hydroxylation is 1. The topological polar surface area (TPSA) is 87.8 Å². The molecule has 1 aliphatic rings. The minimum Gasteiger partial charge on any atom is -0.478 e. The third kappa shape index (κ3) is 4.34. The van der Waals surface area contributed by atoms with E-state index >= 15 is 0 Å². The highest BCUT2D eigenvalue weighted by Gasteiger charge is 2.12. The summed E-state index contributed by atoms with van der Waals surface area (Å²) in [6, 6.07) is 3.48. The second-order valence-electron chi connectivity index (χ2n) is 5.29. The van der Waals surface area contributed by atoms with Crippen molar-refractivity contribution in [2.45, 2.75) is 13.3 Å². The van der Waals surface area contributed by atoms with Gasteiger partial charge in [-0.15, -0.1) is 0 Å². The number of nitrogen functional groups attached to an aromatic ring is 1. The molecule has 1 aromatic carbocycles. The van der Waals surface area contributed by atoms with Gasteiger partial charge in [0.1, 0.15) is 0 Å². The largest absolute Gasteiger partial charge is 0.478 e. The number of hydrogen-bond donors (Lipinski definition) is 3. The second-order valence-corrected chi connectivity index (χ2v) is 5.29. The fourth-order valence-electron chi connectivity index (χ4n) is 2.44. The number of rotatable bonds is 6. The van der Waals surface area contributed by atoms with Crippen LogP contribution in [0.15, 0.2) is 12.1 Å². The van der Waals surface area contributed by atoms with Gasteiger partial charge in [0.15, 0.2) is 0 Å². The number of morpholine rings is 1. The van der Waals surface area contributed by atoms with Crippen molar-refractivity contribution < 1.29 is 14.6 Å². The first-order valence-electron chi connectivity index (χ1n) is 7.25. The lowest BCUT2D eigenvalue weighted by Gasteiger charge is -2.26. The van der Waals surface area contributed by atoms with Gasteiger partial charge in [-0.05, 0) is 37.6 Å². The van der Waals surface area contributed by atoms with Gasteiger partial charge in [-0.3, -0.25) is 4.90 Å². The molecule has 1 heterocycles. The molecule has 1 aromatic rings. The van der Waals surface area contributed by atoms with Gasteiger partial charge >= 0.3 is 5.97 Å². The smallest absolute Gasteiger partial charge is 0.337 e. The normalized spacial score (nSPS) is 15.9. The lowest BCUT2D eigenvalue weighted by atomic mass is 10.1. The van der Waals surface area contributed by atoms with Crippen molar-refractivity contribution in [3.05, 3.63) is 23.3 Å². The molecule has 1 saturated heterocycles. The van der Waals surface area contributed by atoms with Crippen LogP contribution in [0.4, 0.5) is 11.4 Å². The molecule has 6 heteroatoms. The highest BCUT2D eigenvalue weighted by Crippen LogP contribution is 2.22. The Morgan fingerprint density at radius 1 is 1.43 bits per heavy atom. The molecule has 116 valence electrons. The Morgan fingerprint density at radius 3 is 2.81 bits per heavy atom. The molecule has 21 heavy (non-hydrogen) atoms. The van der Waals surface area contributed by atoms with E-state index in [9.17, 15) is 4.79 Å². The molecule has 0 aliphatic carbocycles. The zero-order chi connectivity index (χ0) is 15.2. The molecule has 0 bridgehead atoms. The van der Waals surface area contributed by atoms with Crippen LogP contribution in [-0.2, 0) is 4.74 Å². The maximum absolute atomic E-state index is 11.1. The van der Waals surface area contributed by atoms with Crippen LogP contribution >= 0.6 is 0 Å². The standard InChI is InChI=1S/C15H23N3O3/c1-11-9-12(10-13(14(11)16)15(19)20)17-3-2-4-18-5-7-21-8-6-18/h9-10,17H,2-8,16H2,1H3,(H,19,20). The van der Waals surface area contributed by atoms with Crippen molar-refractivity contribution in [1.82, 2.24) is 4.90 Å². The molecular weight excluding hydrogens is 270 g/mol. The number of anilines is 2. The molecule has 1 aliphatic heterocycles. The van der Waals surface area contributed by atoms with Crippen LogP contribution in [-0.4, -0.2) is 55.4 Å². The molecule has 0 unspecified atom stereocenters. The first kappa shape index (κ1) is 15.6. The van der Waals surface area contributed by atoms with Crippen LogP contribution in [0.1, 0.15) is 22.3 Å².